The number of nitrogens with one attached hydrogen (secondary N) is 2. The van der Waals surface area contributed by atoms with E-state index in [2.05, 4.69) is 22.3 Å². The molecule has 27 heavy (non-hydrogen) atoms. The molecule has 1 saturated heterocycles. The number of hydrogen-bond acceptors (Lipinski definition) is 5. The number of rotatable bonds is 9. The second kappa shape index (κ2) is 12.6. The summed E-state index contributed by atoms with van der Waals surface area (Å²) >= 11 is 0. The Morgan fingerprint density at radius 2 is 2.04 bits per heavy atom. The van der Waals surface area contributed by atoms with E-state index in [1.807, 2.05) is 24.3 Å². The summed E-state index contributed by atoms with van der Waals surface area (Å²) in [5.74, 6) is 1.49. The minimum absolute atomic E-state index is 0. The molecule has 6 nitrogen and oxygen atoms in total. The van der Waals surface area contributed by atoms with E-state index in [1.54, 1.807) is 0 Å². The monoisotopic (exact) mass is 398 g/mol. The van der Waals surface area contributed by atoms with Gasteiger partial charge in [-0.25, -0.2) is 0 Å². The number of amides is 1. The Bertz CT molecular complexity index is 574. The van der Waals surface area contributed by atoms with E-state index in [9.17, 15) is 9.59 Å². The molecule has 2 rings (SSSR count). The normalized spacial score (nSPS) is 17.3. The van der Waals surface area contributed by atoms with Gasteiger partial charge in [0.25, 0.3) is 0 Å². The van der Waals surface area contributed by atoms with Gasteiger partial charge in [0.05, 0.1) is 13.7 Å². The summed E-state index contributed by atoms with van der Waals surface area (Å²) in [5, 5.41) is 6.36. The molecular formula is C20H31ClN2O4. The summed E-state index contributed by atoms with van der Waals surface area (Å²) in [6, 6.07) is 7.31. The zero-order valence-corrected chi connectivity index (χ0v) is 17.0. The largest absolute Gasteiger partial charge is 0.494 e. The number of halogens is 1. The molecule has 1 aromatic carbocycles. The van der Waals surface area contributed by atoms with E-state index in [0.29, 0.717) is 37.7 Å². The SMILES string of the molecule is COC(=O)CCCOc1ccc(NC(=O)CC(C)C2CCCNC2)cc1.Cl. The van der Waals surface area contributed by atoms with Crippen molar-refractivity contribution in [2.45, 2.75) is 39.0 Å². The molecule has 7 heteroatoms. The number of benzene rings is 1. The number of carbonyl (C=O) groups is 2. The Labute approximate surface area is 167 Å². The Morgan fingerprint density at radius 1 is 1.30 bits per heavy atom. The van der Waals surface area contributed by atoms with E-state index in [0.717, 1.165) is 24.5 Å². The first-order chi connectivity index (χ1) is 12.6. The van der Waals surface area contributed by atoms with Crippen LogP contribution in [0.5, 0.6) is 5.75 Å². The van der Waals surface area contributed by atoms with Crippen LogP contribution in [0.2, 0.25) is 0 Å². The van der Waals surface area contributed by atoms with Gasteiger partial charge in [0.2, 0.25) is 5.91 Å². The highest BCUT2D eigenvalue weighted by Crippen LogP contribution is 2.23. The lowest BCUT2D eigenvalue weighted by Gasteiger charge is -2.28. The van der Waals surface area contributed by atoms with Crippen molar-refractivity contribution in [3.63, 3.8) is 0 Å². The van der Waals surface area contributed by atoms with Gasteiger partial charge in [-0.15, -0.1) is 12.4 Å². The number of carbonyl (C=O) groups excluding carboxylic acids is 2. The summed E-state index contributed by atoms with van der Waals surface area (Å²) < 4.78 is 10.2. The Morgan fingerprint density at radius 3 is 2.67 bits per heavy atom. The molecule has 1 amide bonds. The molecular weight excluding hydrogens is 368 g/mol. The summed E-state index contributed by atoms with van der Waals surface area (Å²) in [6.45, 7) is 4.71. The highest BCUT2D eigenvalue weighted by atomic mass is 35.5. The fraction of sp³-hybridized carbons (Fsp3) is 0.600. The van der Waals surface area contributed by atoms with Crippen LogP contribution in [0.15, 0.2) is 24.3 Å². The topological polar surface area (TPSA) is 76.7 Å². The fourth-order valence-corrected chi connectivity index (χ4v) is 3.18. The van der Waals surface area contributed by atoms with Crippen LogP contribution in [0.3, 0.4) is 0 Å². The standard InChI is InChI=1S/C20H30N2O4.ClH/c1-15(16-5-3-11-21-14-16)13-19(23)22-17-7-9-18(10-8-17)26-12-4-6-20(24)25-2;/h7-10,15-16,21H,3-6,11-14H2,1-2H3,(H,22,23);1H. The van der Waals surface area contributed by atoms with Crippen molar-refractivity contribution in [3.05, 3.63) is 24.3 Å². The molecule has 0 aliphatic carbocycles. The lowest BCUT2D eigenvalue weighted by molar-refractivity contribution is -0.140. The first-order valence-corrected chi connectivity index (χ1v) is 9.38. The van der Waals surface area contributed by atoms with Crippen LogP contribution < -0.4 is 15.4 Å². The van der Waals surface area contributed by atoms with Crippen molar-refractivity contribution in [3.8, 4) is 5.75 Å². The van der Waals surface area contributed by atoms with Gasteiger partial charge in [0.15, 0.2) is 0 Å². The molecule has 0 spiro atoms. The maximum atomic E-state index is 12.2. The maximum absolute atomic E-state index is 12.2. The van der Waals surface area contributed by atoms with Crippen molar-refractivity contribution in [2.24, 2.45) is 11.8 Å². The van der Waals surface area contributed by atoms with Gasteiger partial charge in [-0.2, -0.15) is 0 Å². The Hall–Kier alpha value is -1.79. The molecule has 2 atom stereocenters. The molecule has 1 aliphatic heterocycles. The number of esters is 1. The summed E-state index contributed by atoms with van der Waals surface area (Å²) in [5.41, 5.74) is 0.769. The van der Waals surface area contributed by atoms with Crippen LogP contribution in [-0.2, 0) is 14.3 Å². The van der Waals surface area contributed by atoms with Gasteiger partial charge >= 0.3 is 5.97 Å². The van der Waals surface area contributed by atoms with Crippen LogP contribution in [0.1, 0.15) is 39.0 Å². The van der Waals surface area contributed by atoms with Gasteiger partial charge in [-0.05, 0) is 68.5 Å². The quantitative estimate of drug-likeness (QED) is 0.492. The van der Waals surface area contributed by atoms with Crippen LogP contribution in [0.4, 0.5) is 5.69 Å². The average Bonchev–Trinajstić information content (AvgIpc) is 2.66. The van der Waals surface area contributed by atoms with E-state index in [4.69, 9.17) is 4.74 Å². The second-order valence-electron chi connectivity index (χ2n) is 6.89. The third-order valence-corrected chi connectivity index (χ3v) is 4.81. The van der Waals surface area contributed by atoms with Gasteiger partial charge in [-0.1, -0.05) is 6.92 Å². The predicted octanol–water partition coefficient (Wildman–Crippen LogP) is 3.40. The van der Waals surface area contributed by atoms with E-state index >= 15 is 0 Å². The Kier molecular flexibility index (Phi) is 10.8. The summed E-state index contributed by atoms with van der Waals surface area (Å²) in [7, 11) is 1.38. The highest BCUT2D eigenvalue weighted by Gasteiger charge is 2.22. The third kappa shape index (κ3) is 8.63. The lowest BCUT2D eigenvalue weighted by atomic mass is 9.85. The number of hydrogen-bond donors (Lipinski definition) is 2. The number of ether oxygens (including phenoxy) is 2. The van der Waals surface area contributed by atoms with Crippen molar-refractivity contribution in [1.29, 1.82) is 0 Å². The summed E-state index contributed by atoms with van der Waals surface area (Å²) in [4.78, 5) is 23.3. The van der Waals surface area contributed by atoms with Crippen molar-refractivity contribution in [1.82, 2.24) is 5.32 Å². The maximum Gasteiger partial charge on any atom is 0.305 e. The molecule has 1 aromatic rings. The molecule has 2 unspecified atom stereocenters. The van der Waals surface area contributed by atoms with Crippen LogP contribution >= 0.6 is 12.4 Å². The van der Waals surface area contributed by atoms with E-state index in [-0.39, 0.29) is 24.3 Å². The fourth-order valence-electron chi connectivity index (χ4n) is 3.18. The number of methoxy groups -OCH3 is 1. The van der Waals surface area contributed by atoms with Gasteiger partial charge < -0.3 is 20.1 Å². The minimum atomic E-state index is -0.232. The minimum Gasteiger partial charge on any atom is -0.494 e. The van der Waals surface area contributed by atoms with Gasteiger partial charge in [-0.3, -0.25) is 9.59 Å². The first kappa shape index (κ1) is 23.2. The third-order valence-electron chi connectivity index (χ3n) is 4.81. The molecule has 1 heterocycles. The molecule has 0 radical (unpaired) electrons. The van der Waals surface area contributed by atoms with Gasteiger partial charge in [0.1, 0.15) is 5.75 Å². The second-order valence-corrected chi connectivity index (χ2v) is 6.89. The molecule has 1 aliphatic rings. The van der Waals surface area contributed by atoms with Crippen molar-refractivity contribution >= 4 is 30.0 Å². The molecule has 1 fully saturated rings. The Balaban J connectivity index is 0.00000364. The van der Waals surface area contributed by atoms with Crippen molar-refractivity contribution < 1.29 is 19.1 Å². The van der Waals surface area contributed by atoms with E-state index in [1.165, 1.54) is 20.0 Å². The zero-order chi connectivity index (χ0) is 18.8. The lowest BCUT2D eigenvalue weighted by Crippen LogP contribution is -2.34. The number of piperidine rings is 1. The van der Waals surface area contributed by atoms with Crippen LogP contribution in [0.25, 0.3) is 0 Å². The molecule has 152 valence electrons. The number of anilines is 1. The zero-order valence-electron chi connectivity index (χ0n) is 16.2. The van der Waals surface area contributed by atoms with E-state index < -0.39 is 0 Å². The highest BCUT2D eigenvalue weighted by molar-refractivity contribution is 5.90. The molecule has 0 saturated carbocycles. The summed E-state index contributed by atoms with van der Waals surface area (Å²) in [6.07, 6.45) is 3.89. The molecule has 0 bridgehead atoms. The van der Waals surface area contributed by atoms with Crippen LogP contribution in [0, 0.1) is 11.8 Å². The van der Waals surface area contributed by atoms with Crippen molar-refractivity contribution in [2.75, 3.05) is 32.1 Å². The molecule has 2 N–H and O–H groups in total. The molecule has 0 aromatic heterocycles. The first-order valence-electron chi connectivity index (χ1n) is 9.38. The van der Waals surface area contributed by atoms with Crippen LogP contribution in [-0.4, -0.2) is 38.7 Å². The average molecular weight is 399 g/mol. The van der Waals surface area contributed by atoms with Gasteiger partial charge in [0, 0.05) is 18.5 Å². The predicted molar refractivity (Wildman–Crippen MR) is 108 cm³/mol. The smallest absolute Gasteiger partial charge is 0.305 e.